The molecule has 2 aliphatic carbocycles. The van der Waals surface area contributed by atoms with Gasteiger partial charge in [-0.25, -0.2) is 5.57 Å². The van der Waals surface area contributed by atoms with Gasteiger partial charge in [-0.15, -0.1) is 11.1 Å². The first-order valence-electron chi connectivity index (χ1n) is 15.2. The molecule has 0 heterocycles. The van der Waals surface area contributed by atoms with E-state index in [0.29, 0.717) is 5.92 Å². The average molecular weight is 658 g/mol. The van der Waals surface area contributed by atoms with Crippen molar-refractivity contribution in [2.24, 2.45) is 5.92 Å². The SMILES string of the molecule is CC(C)(C)c1c[c-]c2c(c1)-c1cc(C(C)(C)C)ccc1C2.CC1=[C-]C(C)C=C1c1ccccc1.Cc1cc[c-]cc1.[CH2]=[Zr].[CH3-]. The summed E-state index contributed by atoms with van der Waals surface area (Å²) in [6.45, 7) is 20.0. The molecule has 0 saturated heterocycles. The van der Waals surface area contributed by atoms with Crippen LogP contribution < -0.4 is 0 Å². The summed E-state index contributed by atoms with van der Waals surface area (Å²) in [5.74, 6) is 0.468. The summed E-state index contributed by atoms with van der Waals surface area (Å²) >= 11 is 1.30. The van der Waals surface area contributed by atoms with Gasteiger partial charge < -0.3 is 7.43 Å². The molecule has 1 heteroatoms. The standard InChI is InChI=1S/C21H25.C13H13.C7H7.CH3.CH2.Zr/c1-20(2,3)16-9-7-14-11-15-8-10-17(21(4,5)6)13-19(15)18(14)12-16;1-10-8-11(2)13(9-10)12-6-4-3-5-7-12;1-7-5-3-2-4-6-7;;;/h7,9-10,12-13H,11H2,1-6H3;3-7,9-10H,1-2H3;3-6H,1H3;1H3;1H2;/q4*-1;;. The molecule has 1 unspecified atom stereocenters. The van der Waals surface area contributed by atoms with Crippen LogP contribution in [0.15, 0.2) is 96.6 Å². The molecule has 0 bridgehead atoms. The molecule has 0 aliphatic heterocycles. The summed E-state index contributed by atoms with van der Waals surface area (Å²) in [4.78, 5) is 0. The van der Waals surface area contributed by atoms with Crippen LogP contribution in [0.1, 0.15) is 88.8 Å². The summed E-state index contributed by atoms with van der Waals surface area (Å²) < 4.78 is 3.34. The molecule has 6 rings (SSSR count). The first-order chi connectivity index (χ1) is 20.3. The normalized spacial score (nSPS) is 14.4. The number of rotatable bonds is 1. The van der Waals surface area contributed by atoms with Gasteiger partial charge in [-0.05, 0) is 17.4 Å². The van der Waals surface area contributed by atoms with Crippen molar-refractivity contribution in [1.29, 1.82) is 0 Å². The summed E-state index contributed by atoms with van der Waals surface area (Å²) in [6.07, 6.45) is 6.69. The summed E-state index contributed by atoms with van der Waals surface area (Å²) in [5.41, 5.74) is 14.0. The minimum atomic E-state index is 0. The molecule has 0 saturated carbocycles. The first kappa shape index (κ1) is 37.3. The Morgan fingerprint density at radius 1 is 0.773 bits per heavy atom. The smallest absolute Gasteiger partial charge is 0.358 e. The maximum absolute atomic E-state index is 3.53. The van der Waals surface area contributed by atoms with Gasteiger partial charge in [0, 0.05) is 0 Å². The minimum absolute atomic E-state index is 0. The van der Waals surface area contributed by atoms with Gasteiger partial charge in [-0.1, -0.05) is 133 Å². The van der Waals surface area contributed by atoms with E-state index in [0.717, 1.165) is 6.42 Å². The second kappa shape index (κ2) is 16.4. The van der Waals surface area contributed by atoms with Crippen molar-refractivity contribution in [3.05, 3.63) is 156 Å². The van der Waals surface area contributed by atoms with Crippen LogP contribution in [0.5, 0.6) is 0 Å². The summed E-state index contributed by atoms with van der Waals surface area (Å²) in [6, 6.07) is 36.4. The van der Waals surface area contributed by atoms with E-state index in [9.17, 15) is 0 Å². The van der Waals surface area contributed by atoms with E-state index in [1.165, 1.54) is 79.9 Å². The van der Waals surface area contributed by atoms with Crippen molar-refractivity contribution in [2.75, 3.05) is 0 Å². The molecule has 4 aromatic rings. The maximum atomic E-state index is 3.53. The fraction of sp³-hybridized carbons (Fsp3) is 0.302. The Morgan fingerprint density at radius 3 is 1.86 bits per heavy atom. The predicted molar refractivity (Wildman–Crippen MR) is 190 cm³/mol. The van der Waals surface area contributed by atoms with E-state index in [4.69, 9.17) is 0 Å². The molecule has 0 aromatic heterocycles. The zero-order valence-electron chi connectivity index (χ0n) is 28.7. The molecule has 0 radical (unpaired) electrons. The number of hydrogen-bond acceptors (Lipinski definition) is 0. The molecule has 0 spiro atoms. The second-order valence-electron chi connectivity index (χ2n) is 13.4. The topological polar surface area (TPSA) is 0 Å². The van der Waals surface area contributed by atoms with Crippen molar-refractivity contribution in [3.8, 4) is 11.1 Å². The average Bonchev–Trinajstić information content (AvgIpc) is 3.52. The molecule has 0 amide bonds. The molecule has 0 nitrogen and oxygen atoms in total. The Kier molecular flexibility index (Phi) is 13.9. The largest absolute Gasteiger partial charge is 0.358 e. The summed E-state index contributed by atoms with van der Waals surface area (Å²) in [7, 11) is 0. The number of fused-ring (bicyclic) bond motifs is 3. The molecule has 1 atom stereocenters. The van der Waals surface area contributed by atoms with Gasteiger partial charge in [-0.2, -0.15) is 76.9 Å². The van der Waals surface area contributed by atoms with Crippen molar-refractivity contribution < 1.29 is 24.2 Å². The number of hydrogen-bond donors (Lipinski definition) is 0. The van der Waals surface area contributed by atoms with Gasteiger partial charge in [-0.3, -0.25) is 6.08 Å². The van der Waals surface area contributed by atoms with Crippen LogP contribution in [-0.4, -0.2) is 4.21 Å². The van der Waals surface area contributed by atoms with E-state index in [1.807, 2.05) is 30.3 Å². The van der Waals surface area contributed by atoms with E-state index in [1.54, 1.807) is 0 Å². The number of allylic oxidation sites excluding steroid dienone is 4. The second-order valence-corrected chi connectivity index (χ2v) is 13.4. The minimum Gasteiger partial charge on any atom is -0.358 e. The number of aryl methyl sites for hydroxylation is 1. The molecular formula is C43H50Zr-4. The molecular weight excluding hydrogens is 608 g/mol. The van der Waals surface area contributed by atoms with Gasteiger partial charge >= 0.3 is 28.4 Å². The quantitative estimate of drug-likeness (QED) is 0.157. The van der Waals surface area contributed by atoms with Crippen molar-refractivity contribution in [3.63, 3.8) is 0 Å². The molecule has 230 valence electrons. The Bertz CT molecular complexity index is 1480. The van der Waals surface area contributed by atoms with Crippen LogP contribution in [0.3, 0.4) is 0 Å². The zero-order chi connectivity index (χ0) is 31.8. The van der Waals surface area contributed by atoms with Crippen molar-refractivity contribution in [2.45, 2.75) is 79.6 Å². The van der Waals surface area contributed by atoms with Crippen molar-refractivity contribution >= 4 is 9.78 Å². The van der Waals surface area contributed by atoms with E-state index in [-0.39, 0.29) is 18.3 Å². The molecule has 2 aliphatic rings. The van der Waals surface area contributed by atoms with Gasteiger partial charge in [0.1, 0.15) is 0 Å². The third kappa shape index (κ3) is 10.1. The van der Waals surface area contributed by atoms with Gasteiger partial charge in [0.2, 0.25) is 0 Å². The van der Waals surface area contributed by atoms with Crippen LogP contribution in [0.4, 0.5) is 0 Å². The van der Waals surface area contributed by atoms with Crippen molar-refractivity contribution in [1.82, 2.24) is 0 Å². The van der Waals surface area contributed by atoms with Crippen LogP contribution in [-0.2, 0) is 41.5 Å². The Hall–Kier alpha value is -2.89. The van der Waals surface area contributed by atoms with Crippen LogP contribution in [0.25, 0.3) is 16.7 Å². The van der Waals surface area contributed by atoms with E-state index < -0.39 is 0 Å². The van der Waals surface area contributed by atoms with Gasteiger partial charge in [0.25, 0.3) is 0 Å². The first-order valence-corrected chi connectivity index (χ1v) is 16.9. The summed E-state index contributed by atoms with van der Waals surface area (Å²) in [5, 5.41) is 0. The fourth-order valence-electron chi connectivity index (χ4n) is 5.22. The van der Waals surface area contributed by atoms with Crippen LogP contribution >= 0.6 is 0 Å². The third-order valence-corrected chi connectivity index (χ3v) is 7.76. The van der Waals surface area contributed by atoms with Crippen LogP contribution in [0, 0.1) is 38.5 Å². The molecule has 0 fully saturated rings. The monoisotopic (exact) mass is 656 g/mol. The van der Waals surface area contributed by atoms with Gasteiger partial charge in [0.15, 0.2) is 0 Å². The maximum Gasteiger partial charge on any atom is -0.358 e. The molecule has 44 heavy (non-hydrogen) atoms. The fourth-order valence-corrected chi connectivity index (χ4v) is 5.22. The predicted octanol–water partition coefficient (Wildman–Crippen LogP) is 11.3. The van der Waals surface area contributed by atoms with Crippen LogP contribution in [0.2, 0.25) is 0 Å². The molecule has 4 aromatic carbocycles. The Labute approximate surface area is 284 Å². The molecule has 0 N–H and O–H groups in total. The Balaban J connectivity index is 0.000000250. The van der Waals surface area contributed by atoms with Gasteiger partial charge in [0.05, 0.1) is 0 Å². The van der Waals surface area contributed by atoms with E-state index in [2.05, 4.69) is 145 Å². The number of benzene rings is 4. The van der Waals surface area contributed by atoms with E-state index >= 15 is 0 Å². The third-order valence-electron chi connectivity index (χ3n) is 7.76. The zero-order valence-corrected chi connectivity index (χ0v) is 31.1. The Morgan fingerprint density at radius 2 is 1.36 bits per heavy atom.